The minimum atomic E-state index is -4.42. The third-order valence-electron chi connectivity index (χ3n) is 3.09. The highest BCUT2D eigenvalue weighted by Gasteiger charge is 2.31. The van der Waals surface area contributed by atoms with Crippen LogP contribution in [0.1, 0.15) is 19.4 Å². The normalized spacial score (nSPS) is 12.3. The second-order valence-electron chi connectivity index (χ2n) is 5.35. The lowest BCUT2D eigenvalue weighted by molar-refractivity contribution is -0.157. The zero-order valence-corrected chi connectivity index (χ0v) is 12.1. The van der Waals surface area contributed by atoms with Crippen molar-refractivity contribution in [3.05, 3.63) is 35.6 Å². The number of nitrogens with zero attached hydrogens (tertiary/aromatic N) is 1. The summed E-state index contributed by atoms with van der Waals surface area (Å²) in [7, 11) is 1.10. The number of likely N-dealkylation sites (N-methyl/N-ethyl adjacent to an activating group) is 1. The lowest BCUT2D eigenvalue weighted by Gasteiger charge is -2.28. The largest absolute Gasteiger partial charge is 0.406 e. The minimum absolute atomic E-state index is 0.239. The Morgan fingerprint density at radius 3 is 2.19 bits per heavy atom. The average Bonchev–Trinajstić information content (AvgIpc) is 2.34. The molecule has 0 aliphatic rings. The van der Waals surface area contributed by atoms with Crippen LogP contribution >= 0.6 is 0 Å². The SMILES string of the molecule is CN(CC(F)(F)F)C(=O)CNC(C)(C)c1ccc(F)cc1. The monoisotopic (exact) mass is 306 g/mol. The van der Waals surface area contributed by atoms with Crippen LogP contribution in [-0.2, 0) is 10.3 Å². The molecule has 1 aromatic rings. The molecule has 0 aromatic heterocycles. The molecule has 0 unspecified atom stereocenters. The number of carbonyl (C=O) groups excluding carboxylic acids is 1. The maximum atomic E-state index is 12.9. The van der Waals surface area contributed by atoms with Gasteiger partial charge < -0.3 is 4.90 Å². The van der Waals surface area contributed by atoms with E-state index in [1.54, 1.807) is 26.0 Å². The predicted molar refractivity (Wildman–Crippen MR) is 71.1 cm³/mol. The molecule has 0 aliphatic carbocycles. The van der Waals surface area contributed by atoms with Crippen molar-refractivity contribution >= 4 is 5.91 Å². The van der Waals surface area contributed by atoms with Gasteiger partial charge in [-0.3, -0.25) is 10.1 Å². The number of alkyl halides is 3. The van der Waals surface area contributed by atoms with Gasteiger partial charge in [0.05, 0.1) is 6.54 Å². The summed E-state index contributed by atoms with van der Waals surface area (Å²) in [5, 5.41) is 2.88. The van der Waals surface area contributed by atoms with E-state index in [2.05, 4.69) is 5.32 Å². The topological polar surface area (TPSA) is 32.3 Å². The molecule has 1 N–H and O–H groups in total. The summed E-state index contributed by atoms with van der Waals surface area (Å²) < 4.78 is 49.4. The van der Waals surface area contributed by atoms with E-state index >= 15 is 0 Å². The number of halogens is 4. The second kappa shape index (κ2) is 6.43. The minimum Gasteiger partial charge on any atom is -0.336 e. The Hall–Kier alpha value is -1.63. The number of benzene rings is 1. The van der Waals surface area contributed by atoms with Gasteiger partial charge in [-0.05, 0) is 31.5 Å². The van der Waals surface area contributed by atoms with Crippen LogP contribution in [0.4, 0.5) is 17.6 Å². The fourth-order valence-corrected chi connectivity index (χ4v) is 1.76. The van der Waals surface area contributed by atoms with Crippen molar-refractivity contribution in [2.75, 3.05) is 20.1 Å². The van der Waals surface area contributed by atoms with Gasteiger partial charge in [0.2, 0.25) is 5.91 Å². The standard InChI is InChI=1S/C14H18F4N2O/c1-13(2,10-4-6-11(15)7-5-10)19-8-12(21)20(3)9-14(16,17)18/h4-7,19H,8-9H2,1-3H3. The molecule has 7 heteroatoms. The first-order chi connectivity index (χ1) is 9.51. The zero-order chi connectivity index (χ0) is 16.3. The van der Waals surface area contributed by atoms with E-state index < -0.39 is 24.2 Å². The molecule has 0 spiro atoms. The highest BCUT2D eigenvalue weighted by atomic mass is 19.4. The van der Waals surface area contributed by atoms with Crippen molar-refractivity contribution in [1.82, 2.24) is 10.2 Å². The average molecular weight is 306 g/mol. The molecule has 118 valence electrons. The van der Waals surface area contributed by atoms with Gasteiger partial charge in [0.15, 0.2) is 0 Å². The third kappa shape index (κ3) is 5.71. The first kappa shape index (κ1) is 17.4. The fraction of sp³-hybridized carbons (Fsp3) is 0.500. The Labute approximate surface area is 120 Å². The summed E-state index contributed by atoms with van der Waals surface area (Å²) >= 11 is 0. The maximum Gasteiger partial charge on any atom is 0.406 e. The molecule has 0 radical (unpaired) electrons. The molecular weight excluding hydrogens is 288 g/mol. The van der Waals surface area contributed by atoms with Crippen LogP contribution in [-0.4, -0.2) is 37.1 Å². The van der Waals surface area contributed by atoms with Gasteiger partial charge in [-0.1, -0.05) is 12.1 Å². The maximum absolute atomic E-state index is 12.9. The number of carbonyl (C=O) groups is 1. The first-order valence-corrected chi connectivity index (χ1v) is 6.33. The lowest BCUT2D eigenvalue weighted by Crippen LogP contribution is -2.45. The Morgan fingerprint density at radius 2 is 1.71 bits per heavy atom. The van der Waals surface area contributed by atoms with Crippen molar-refractivity contribution in [2.24, 2.45) is 0 Å². The Bertz CT molecular complexity index is 483. The summed E-state index contributed by atoms with van der Waals surface area (Å²) in [5.41, 5.74) is 0.0674. The van der Waals surface area contributed by atoms with Gasteiger partial charge in [-0.25, -0.2) is 4.39 Å². The highest BCUT2D eigenvalue weighted by molar-refractivity contribution is 5.78. The number of rotatable bonds is 5. The van der Waals surface area contributed by atoms with E-state index in [4.69, 9.17) is 0 Å². The molecule has 0 atom stereocenters. The van der Waals surface area contributed by atoms with Gasteiger partial charge in [-0.15, -0.1) is 0 Å². The van der Waals surface area contributed by atoms with Gasteiger partial charge in [0.25, 0.3) is 0 Å². The van der Waals surface area contributed by atoms with Crippen LogP contribution in [0.15, 0.2) is 24.3 Å². The van der Waals surface area contributed by atoms with Crippen molar-refractivity contribution in [3.8, 4) is 0 Å². The number of amides is 1. The molecule has 0 aliphatic heterocycles. The molecule has 0 saturated heterocycles. The lowest BCUT2D eigenvalue weighted by atomic mass is 9.94. The summed E-state index contributed by atoms with van der Waals surface area (Å²) in [6, 6.07) is 5.70. The van der Waals surface area contributed by atoms with Crippen LogP contribution in [0, 0.1) is 5.82 Å². The summed E-state index contributed by atoms with van der Waals surface area (Å²) in [4.78, 5) is 12.3. The fourth-order valence-electron chi connectivity index (χ4n) is 1.76. The van der Waals surface area contributed by atoms with E-state index in [9.17, 15) is 22.4 Å². The van der Waals surface area contributed by atoms with Gasteiger partial charge >= 0.3 is 6.18 Å². The van der Waals surface area contributed by atoms with Crippen LogP contribution in [0.2, 0.25) is 0 Å². The molecule has 1 amide bonds. The zero-order valence-electron chi connectivity index (χ0n) is 12.1. The molecular formula is C14H18F4N2O. The van der Waals surface area contributed by atoms with Crippen molar-refractivity contribution in [1.29, 1.82) is 0 Å². The molecule has 0 heterocycles. The van der Waals surface area contributed by atoms with Crippen LogP contribution < -0.4 is 5.32 Å². The van der Waals surface area contributed by atoms with E-state index in [1.165, 1.54) is 12.1 Å². The smallest absolute Gasteiger partial charge is 0.336 e. The number of hydrogen-bond donors (Lipinski definition) is 1. The Balaban J connectivity index is 2.60. The van der Waals surface area contributed by atoms with E-state index in [-0.39, 0.29) is 12.4 Å². The molecule has 3 nitrogen and oxygen atoms in total. The van der Waals surface area contributed by atoms with Gasteiger partial charge in [0, 0.05) is 12.6 Å². The van der Waals surface area contributed by atoms with Crippen LogP contribution in [0.5, 0.6) is 0 Å². The quantitative estimate of drug-likeness (QED) is 0.848. The molecule has 0 saturated carbocycles. The highest BCUT2D eigenvalue weighted by Crippen LogP contribution is 2.20. The molecule has 21 heavy (non-hydrogen) atoms. The van der Waals surface area contributed by atoms with Crippen molar-refractivity contribution < 1.29 is 22.4 Å². The molecule has 0 bridgehead atoms. The summed E-state index contributed by atoms with van der Waals surface area (Å²) in [6.45, 7) is 2.00. The van der Waals surface area contributed by atoms with Crippen molar-refractivity contribution in [2.45, 2.75) is 25.6 Å². The van der Waals surface area contributed by atoms with Crippen LogP contribution in [0.3, 0.4) is 0 Å². The molecule has 0 fully saturated rings. The summed E-state index contributed by atoms with van der Waals surface area (Å²) in [5.74, 6) is -1.04. The Morgan fingerprint density at radius 1 is 1.19 bits per heavy atom. The number of nitrogens with one attached hydrogen (secondary N) is 1. The van der Waals surface area contributed by atoms with Crippen LogP contribution in [0.25, 0.3) is 0 Å². The predicted octanol–water partition coefficient (Wildman–Crippen LogP) is 2.67. The van der Waals surface area contributed by atoms with Crippen molar-refractivity contribution in [3.63, 3.8) is 0 Å². The third-order valence-corrected chi connectivity index (χ3v) is 3.09. The molecule has 1 rings (SSSR count). The van der Waals surface area contributed by atoms with E-state index in [1.807, 2.05) is 0 Å². The first-order valence-electron chi connectivity index (χ1n) is 6.33. The Kier molecular flexibility index (Phi) is 5.33. The number of hydrogen-bond acceptors (Lipinski definition) is 2. The second-order valence-corrected chi connectivity index (χ2v) is 5.35. The van der Waals surface area contributed by atoms with Gasteiger partial charge in [-0.2, -0.15) is 13.2 Å². The van der Waals surface area contributed by atoms with E-state index in [0.29, 0.717) is 4.90 Å². The molecule has 1 aromatic carbocycles. The van der Waals surface area contributed by atoms with E-state index in [0.717, 1.165) is 12.6 Å². The van der Waals surface area contributed by atoms with Gasteiger partial charge in [0.1, 0.15) is 12.4 Å². The summed E-state index contributed by atoms with van der Waals surface area (Å²) in [6.07, 6.45) is -4.42.